The fourth-order valence-electron chi connectivity index (χ4n) is 1.78. The first-order valence-corrected chi connectivity index (χ1v) is 6.62. The molecule has 2 rings (SSSR count). The van der Waals surface area contributed by atoms with Gasteiger partial charge in [0.05, 0.1) is 23.3 Å². The summed E-state index contributed by atoms with van der Waals surface area (Å²) in [6.07, 6.45) is -4.65. The summed E-state index contributed by atoms with van der Waals surface area (Å²) in [5, 5.41) is 0.127. The van der Waals surface area contributed by atoms with Crippen molar-refractivity contribution in [1.82, 2.24) is 0 Å². The first-order chi connectivity index (χ1) is 10.7. The number of rotatable bonds is 3. The van der Waals surface area contributed by atoms with Gasteiger partial charge in [-0.1, -0.05) is 11.6 Å². The Kier molecular flexibility index (Phi) is 4.70. The zero-order valence-electron chi connectivity index (χ0n) is 11.8. The third-order valence-electron chi connectivity index (χ3n) is 2.84. The summed E-state index contributed by atoms with van der Waals surface area (Å²) >= 11 is 5.92. The molecule has 0 fully saturated rings. The molecule has 23 heavy (non-hydrogen) atoms. The molecule has 2 aromatic carbocycles. The lowest BCUT2D eigenvalue weighted by Crippen LogP contribution is -2.09. The van der Waals surface area contributed by atoms with Gasteiger partial charge in [-0.05, 0) is 36.4 Å². The predicted octanol–water partition coefficient (Wildman–Crippen LogP) is 4.52. The smallest absolute Gasteiger partial charge is 0.416 e. The van der Waals surface area contributed by atoms with Gasteiger partial charge < -0.3 is 15.2 Å². The van der Waals surface area contributed by atoms with Crippen LogP contribution in [0.1, 0.15) is 15.9 Å². The number of alkyl halides is 3. The van der Waals surface area contributed by atoms with E-state index in [-0.39, 0.29) is 22.1 Å². The molecule has 0 amide bonds. The average molecular weight is 346 g/mol. The maximum absolute atomic E-state index is 12.9. The van der Waals surface area contributed by atoms with Gasteiger partial charge in [-0.3, -0.25) is 0 Å². The van der Waals surface area contributed by atoms with Crippen molar-refractivity contribution in [2.45, 2.75) is 6.18 Å². The second-order valence-corrected chi connectivity index (χ2v) is 4.93. The molecule has 2 N–H and O–H groups in total. The molecular formula is C15H11ClF3NO3. The van der Waals surface area contributed by atoms with Crippen LogP contribution in [0.4, 0.5) is 18.9 Å². The van der Waals surface area contributed by atoms with Crippen molar-refractivity contribution in [3.63, 3.8) is 0 Å². The van der Waals surface area contributed by atoms with Gasteiger partial charge in [0.2, 0.25) is 0 Å². The first-order valence-electron chi connectivity index (χ1n) is 6.24. The summed E-state index contributed by atoms with van der Waals surface area (Å²) in [5.74, 6) is -1.01. The summed E-state index contributed by atoms with van der Waals surface area (Å²) in [6, 6.07) is 6.87. The second-order valence-electron chi connectivity index (χ2n) is 4.53. The number of methoxy groups -OCH3 is 1. The zero-order valence-corrected chi connectivity index (χ0v) is 12.5. The average Bonchev–Trinajstić information content (AvgIpc) is 2.48. The Morgan fingerprint density at radius 1 is 1.17 bits per heavy atom. The molecule has 2 aromatic rings. The van der Waals surface area contributed by atoms with Crippen LogP contribution in [0.15, 0.2) is 36.4 Å². The lowest BCUT2D eigenvalue weighted by atomic mass is 10.1. The number of nitrogens with two attached hydrogens (primary N) is 1. The number of ether oxygens (including phenoxy) is 2. The molecule has 4 nitrogen and oxygen atoms in total. The second kappa shape index (κ2) is 6.37. The SMILES string of the molecule is COC(=O)c1cc(Oc2ccc(N)cc2Cl)cc(C(F)(F)F)c1. The Morgan fingerprint density at radius 2 is 1.87 bits per heavy atom. The van der Waals surface area contributed by atoms with Crippen LogP contribution in [0.5, 0.6) is 11.5 Å². The summed E-state index contributed by atoms with van der Waals surface area (Å²) in [7, 11) is 1.07. The monoisotopic (exact) mass is 345 g/mol. The molecule has 0 heterocycles. The highest BCUT2D eigenvalue weighted by atomic mass is 35.5. The van der Waals surface area contributed by atoms with E-state index in [0.29, 0.717) is 11.8 Å². The molecule has 0 bridgehead atoms. The zero-order chi connectivity index (χ0) is 17.2. The summed E-state index contributed by atoms with van der Waals surface area (Å²) < 4.78 is 48.6. The maximum Gasteiger partial charge on any atom is 0.416 e. The van der Waals surface area contributed by atoms with Gasteiger partial charge in [0.25, 0.3) is 0 Å². The molecule has 0 atom stereocenters. The van der Waals surface area contributed by atoms with Crippen molar-refractivity contribution >= 4 is 23.3 Å². The summed E-state index contributed by atoms with van der Waals surface area (Å²) in [6.45, 7) is 0. The number of benzene rings is 2. The molecular weight excluding hydrogens is 335 g/mol. The molecule has 122 valence electrons. The molecule has 0 unspecified atom stereocenters. The van der Waals surface area contributed by atoms with Crippen LogP contribution >= 0.6 is 11.6 Å². The summed E-state index contributed by atoms with van der Waals surface area (Å²) in [5.41, 5.74) is 4.58. The minimum Gasteiger partial charge on any atom is -0.465 e. The van der Waals surface area contributed by atoms with E-state index in [1.165, 1.54) is 18.2 Å². The topological polar surface area (TPSA) is 61.5 Å². The number of carbonyl (C=O) groups excluding carboxylic acids is 1. The highest BCUT2D eigenvalue weighted by Gasteiger charge is 2.32. The minimum absolute atomic E-state index is 0.107. The number of hydrogen-bond donors (Lipinski definition) is 1. The van der Waals surface area contributed by atoms with Gasteiger partial charge in [-0.2, -0.15) is 13.2 Å². The third kappa shape index (κ3) is 4.07. The van der Waals surface area contributed by atoms with E-state index < -0.39 is 17.7 Å². The van der Waals surface area contributed by atoms with E-state index in [4.69, 9.17) is 22.1 Å². The molecule has 0 aromatic heterocycles. The van der Waals surface area contributed by atoms with Gasteiger partial charge in [0.15, 0.2) is 0 Å². The normalized spacial score (nSPS) is 11.2. The van der Waals surface area contributed by atoms with Crippen LogP contribution in [0.2, 0.25) is 5.02 Å². The van der Waals surface area contributed by atoms with Crippen molar-refractivity contribution in [1.29, 1.82) is 0 Å². The lowest BCUT2D eigenvalue weighted by molar-refractivity contribution is -0.137. The van der Waals surface area contributed by atoms with Crippen molar-refractivity contribution in [2.75, 3.05) is 12.8 Å². The standard InChI is InChI=1S/C15H11ClF3NO3/c1-22-14(21)8-4-9(15(17,18)19)6-11(5-8)23-13-3-2-10(20)7-12(13)16/h2-7H,20H2,1H3. The van der Waals surface area contributed by atoms with Crippen LogP contribution in [-0.2, 0) is 10.9 Å². The maximum atomic E-state index is 12.9. The van der Waals surface area contributed by atoms with E-state index in [0.717, 1.165) is 19.2 Å². The molecule has 0 aliphatic heterocycles. The van der Waals surface area contributed by atoms with Crippen LogP contribution in [0.25, 0.3) is 0 Å². The van der Waals surface area contributed by atoms with Crippen LogP contribution < -0.4 is 10.5 Å². The van der Waals surface area contributed by atoms with Gasteiger partial charge in [-0.25, -0.2) is 4.79 Å². The minimum atomic E-state index is -4.65. The van der Waals surface area contributed by atoms with Crippen molar-refractivity contribution < 1.29 is 27.4 Å². The van der Waals surface area contributed by atoms with Gasteiger partial charge >= 0.3 is 12.1 Å². The Hall–Kier alpha value is -2.41. The fourth-order valence-corrected chi connectivity index (χ4v) is 2.01. The fraction of sp³-hybridized carbons (Fsp3) is 0.133. The highest BCUT2D eigenvalue weighted by molar-refractivity contribution is 6.32. The van der Waals surface area contributed by atoms with E-state index in [1.54, 1.807) is 0 Å². The Labute approximate surface area is 134 Å². The van der Waals surface area contributed by atoms with E-state index >= 15 is 0 Å². The highest BCUT2D eigenvalue weighted by Crippen LogP contribution is 2.36. The quantitative estimate of drug-likeness (QED) is 0.656. The van der Waals surface area contributed by atoms with E-state index in [1.807, 2.05) is 0 Å². The number of esters is 1. The third-order valence-corrected chi connectivity index (χ3v) is 3.13. The van der Waals surface area contributed by atoms with Crippen LogP contribution in [0, 0.1) is 0 Å². The van der Waals surface area contributed by atoms with E-state index in [2.05, 4.69) is 4.74 Å². The molecule has 0 saturated carbocycles. The number of carbonyl (C=O) groups is 1. The van der Waals surface area contributed by atoms with Crippen LogP contribution in [-0.4, -0.2) is 13.1 Å². The largest absolute Gasteiger partial charge is 0.465 e. The molecule has 0 saturated heterocycles. The molecule has 0 aliphatic carbocycles. The number of halogens is 4. The lowest BCUT2D eigenvalue weighted by Gasteiger charge is -2.13. The number of nitrogen functional groups attached to an aromatic ring is 1. The van der Waals surface area contributed by atoms with Gasteiger partial charge in [-0.15, -0.1) is 0 Å². The summed E-state index contributed by atoms with van der Waals surface area (Å²) in [4.78, 5) is 11.5. The van der Waals surface area contributed by atoms with Gasteiger partial charge in [0, 0.05) is 5.69 Å². The van der Waals surface area contributed by atoms with Crippen molar-refractivity contribution in [3.05, 3.63) is 52.5 Å². The number of anilines is 1. The van der Waals surface area contributed by atoms with E-state index in [9.17, 15) is 18.0 Å². The van der Waals surface area contributed by atoms with Crippen molar-refractivity contribution in [3.8, 4) is 11.5 Å². The first kappa shape index (κ1) is 17.0. The van der Waals surface area contributed by atoms with Gasteiger partial charge in [0.1, 0.15) is 11.5 Å². The predicted molar refractivity (Wildman–Crippen MR) is 78.7 cm³/mol. The Balaban J connectivity index is 2.46. The molecule has 0 radical (unpaired) electrons. The van der Waals surface area contributed by atoms with Crippen LogP contribution in [0.3, 0.4) is 0 Å². The Morgan fingerprint density at radius 3 is 2.43 bits per heavy atom. The van der Waals surface area contributed by atoms with Crippen molar-refractivity contribution in [2.24, 2.45) is 0 Å². The molecule has 0 aliphatic rings. The number of hydrogen-bond acceptors (Lipinski definition) is 4. The molecule has 8 heteroatoms. The molecule has 0 spiro atoms. The Bertz CT molecular complexity index is 747.